The molecule has 0 unspecified atom stereocenters. The molecule has 1 aliphatic rings. The Balaban J connectivity index is 1.69. The minimum absolute atomic E-state index is 0.151. The second kappa shape index (κ2) is 6.75. The van der Waals surface area contributed by atoms with E-state index < -0.39 is 10.0 Å². The van der Waals surface area contributed by atoms with E-state index in [9.17, 15) is 13.2 Å². The Hall–Kier alpha value is -2.35. The van der Waals surface area contributed by atoms with E-state index in [4.69, 9.17) is 0 Å². The molecule has 1 amide bonds. The molecular formula is C18H24N4O3S. The van der Waals surface area contributed by atoms with Gasteiger partial charge < -0.3 is 4.90 Å². The second-order valence-electron chi connectivity index (χ2n) is 6.93. The van der Waals surface area contributed by atoms with Gasteiger partial charge in [-0.15, -0.1) is 0 Å². The predicted octanol–water partition coefficient (Wildman–Crippen LogP) is 1.66. The maximum atomic E-state index is 12.6. The highest BCUT2D eigenvalue weighted by molar-refractivity contribution is 7.92. The number of amides is 1. The average Bonchev–Trinajstić information content (AvgIpc) is 2.80. The zero-order chi connectivity index (χ0) is 19.1. The van der Waals surface area contributed by atoms with Gasteiger partial charge in [-0.1, -0.05) is 12.1 Å². The predicted molar refractivity (Wildman–Crippen MR) is 101 cm³/mol. The van der Waals surface area contributed by atoms with Crippen LogP contribution >= 0.6 is 0 Å². The van der Waals surface area contributed by atoms with Crippen LogP contribution in [0.1, 0.15) is 23.0 Å². The largest absolute Gasteiger partial charge is 0.337 e. The van der Waals surface area contributed by atoms with Crippen LogP contribution in [-0.2, 0) is 14.8 Å². The average molecular weight is 376 g/mol. The fourth-order valence-electron chi connectivity index (χ4n) is 3.24. The highest BCUT2D eigenvalue weighted by Crippen LogP contribution is 2.24. The summed E-state index contributed by atoms with van der Waals surface area (Å²) in [5.41, 5.74) is 3.47. The van der Waals surface area contributed by atoms with Gasteiger partial charge in [0.15, 0.2) is 0 Å². The summed E-state index contributed by atoms with van der Waals surface area (Å²) in [4.78, 5) is 14.3. The topological polar surface area (TPSA) is 75.5 Å². The summed E-state index contributed by atoms with van der Waals surface area (Å²) in [5.74, 6) is -0.199. The standard InChI is InChI=1S/C18H24N4O3S/c1-13-6-5-7-16(8-13)21(26(4,24)25)12-18(23)20-10-17(11-20)22-15(3)9-14(2)19-22/h5-9,17H,10-12H2,1-4H3. The van der Waals surface area contributed by atoms with Crippen molar-refractivity contribution in [3.8, 4) is 0 Å². The van der Waals surface area contributed by atoms with Gasteiger partial charge in [-0.05, 0) is 44.5 Å². The minimum atomic E-state index is -3.55. The smallest absolute Gasteiger partial charge is 0.243 e. The van der Waals surface area contributed by atoms with Crippen LogP contribution in [0.5, 0.6) is 0 Å². The van der Waals surface area contributed by atoms with Crippen LogP contribution in [0, 0.1) is 20.8 Å². The fourth-order valence-corrected chi connectivity index (χ4v) is 4.08. The molecule has 0 N–H and O–H groups in total. The molecule has 7 nitrogen and oxygen atoms in total. The van der Waals surface area contributed by atoms with Gasteiger partial charge >= 0.3 is 0 Å². The molecule has 0 bridgehead atoms. The molecular weight excluding hydrogens is 352 g/mol. The van der Waals surface area contributed by atoms with Crippen molar-refractivity contribution in [2.45, 2.75) is 26.8 Å². The van der Waals surface area contributed by atoms with Crippen molar-refractivity contribution in [3.05, 3.63) is 47.3 Å². The molecule has 0 atom stereocenters. The fraction of sp³-hybridized carbons (Fsp3) is 0.444. The van der Waals surface area contributed by atoms with Gasteiger partial charge in [-0.25, -0.2) is 8.42 Å². The number of hydrogen-bond donors (Lipinski definition) is 0. The Bertz CT molecular complexity index is 930. The van der Waals surface area contributed by atoms with Gasteiger partial charge in [0.1, 0.15) is 6.54 Å². The lowest BCUT2D eigenvalue weighted by molar-refractivity contribution is -0.135. The molecule has 2 aromatic rings. The van der Waals surface area contributed by atoms with Crippen LogP contribution in [0.3, 0.4) is 0 Å². The Kier molecular flexibility index (Phi) is 4.79. The SMILES string of the molecule is Cc1cccc(N(CC(=O)N2CC(n3nc(C)cc3C)C2)S(C)(=O)=O)c1. The number of benzene rings is 1. The van der Waals surface area contributed by atoms with Crippen LogP contribution in [0.15, 0.2) is 30.3 Å². The van der Waals surface area contributed by atoms with Crippen molar-refractivity contribution in [3.63, 3.8) is 0 Å². The molecule has 0 aliphatic carbocycles. The van der Waals surface area contributed by atoms with E-state index in [-0.39, 0.29) is 18.5 Å². The number of rotatable bonds is 5. The lowest BCUT2D eigenvalue weighted by atomic mass is 10.1. The first-order valence-corrected chi connectivity index (χ1v) is 10.3. The normalized spacial score (nSPS) is 15.0. The number of likely N-dealkylation sites (tertiary alicyclic amines) is 1. The molecule has 140 valence electrons. The van der Waals surface area contributed by atoms with Crippen molar-refractivity contribution >= 4 is 21.6 Å². The third kappa shape index (κ3) is 3.75. The third-order valence-corrected chi connectivity index (χ3v) is 5.71. The first-order chi connectivity index (χ1) is 12.1. The molecule has 8 heteroatoms. The van der Waals surface area contributed by atoms with Crippen LogP contribution in [0.4, 0.5) is 5.69 Å². The van der Waals surface area contributed by atoms with Gasteiger partial charge in [-0.2, -0.15) is 5.10 Å². The molecule has 1 aliphatic heterocycles. The Morgan fingerprint density at radius 3 is 2.46 bits per heavy atom. The van der Waals surface area contributed by atoms with E-state index in [1.165, 1.54) is 4.31 Å². The lowest BCUT2D eigenvalue weighted by Crippen LogP contribution is -2.54. The van der Waals surface area contributed by atoms with E-state index in [2.05, 4.69) is 5.10 Å². The molecule has 1 aromatic carbocycles. The quantitative estimate of drug-likeness (QED) is 0.795. The second-order valence-corrected chi connectivity index (χ2v) is 8.84. The van der Waals surface area contributed by atoms with Crippen molar-refractivity contribution in [1.29, 1.82) is 0 Å². The number of carbonyl (C=O) groups excluding carboxylic acids is 1. The number of nitrogens with zero attached hydrogens (tertiary/aromatic N) is 4. The Morgan fingerprint density at radius 1 is 1.23 bits per heavy atom. The van der Waals surface area contributed by atoms with Crippen molar-refractivity contribution in [2.24, 2.45) is 0 Å². The molecule has 26 heavy (non-hydrogen) atoms. The summed E-state index contributed by atoms with van der Waals surface area (Å²) >= 11 is 0. The highest BCUT2D eigenvalue weighted by atomic mass is 32.2. The van der Waals surface area contributed by atoms with Crippen molar-refractivity contribution in [2.75, 3.05) is 30.2 Å². The summed E-state index contributed by atoms with van der Waals surface area (Å²) in [7, 11) is -3.55. The molecule has 2 heterocycles. The summed E-state index contributed by atoms with van der Waals surface area (Å²) in [6, 6.07) is 9.31. The van der Waals surface area contributed by atoms with Crippen LogP contribution in [0.2, 0.25) is 0 Å². The first kappa shape index (κ1) is 18.4. The summed E-state index contributed by atoms with van der Waals surface area (Å²) < 4.78 is 27.5. The molecule has 3 rings (SSSR count). The Labute approximate surface area is 154 Å². The van der Waals surface area contributed by atoms with E-state index in [1.807, 2.05) is 37.6 Å². The number of anilines is 1. The van der Waals surface area contributed by atoms with Gasteiger partial charge in [0.25, 0.3) is 0 Å². The van der Waals surface area contributed by atoms with Gasteiger partial charge in [-0.3, -0.25) is 13.8 Å². The minimum Gasteiger partial charge on any atom is -0.337 e. The number of hydrogen-bond acceptors (Lipinski definition) is 4. The highest BCUT2D eigenvalue weighted by Gasteiger charge is 2.35. The number of aryl methyl sites for hydroxylation is 3. The molecule has 0 spiro atoms. The zero-order valence-electron chi connectivity index (χ0n) is 15.5. The third-order valence-electron chi connectivity index (χ3n) is 4.57. The van der Waals surface area contributed by atoms with E-state index in [0.717, 1.165) is 23.2 Å². The monoisotopic (exact) mass is 376 g/mol. The molecule has 1 saturated heterocycles. The molecule has 1 fully saturated rings. The summed E-state index contributed by atoms with van der Waals surface area (Å²) in [5, 5.41) is 4.46. The van der Waals surface area contributed by atoms with Gasteiger partial charge in [0.05, 0.1) is 23.7 Å². The van der Waals surface area contributed by atoms with E-state index in [0.29, 0.717) is 18.8 Å². The number of aromatic nitrogens is 2. The lowest BCUT2D eigenvalue weighted by Gasteiger charge is -2.40. The zero-order valence-corrected chi connectivity index (χ0v) is 16.3. The van der Waals surface area contributed by atoms with E-state index in [1.54, 1.807) is 23.1 Å². The number of carbonyl (C=O) groups is 1. The number of sulfonamides is 1. The molecule has 1 aromatic heterocycles. The van der Waals surface area contributed by atoms with Crippen LogP contribution in [-0.4, -0.2) is 54.9 Å². The first-order valence-electron chi connectivity index (χ1n) is 8.50. The van der Waals surface area contributed by atoms with E-state index >= 15 is 0 Å². The van der Waals surface area contributed by atoms with Gasteiger partial charge in [0.2, 0.25) is 15.9 Å². The van der Waals surface area contributed by atoms with Crippen molar-refractivity contribution < 1.29 is 13.2 Å². The maximum absolute atomic E-state index is 12.6. The molecule has 0 saturated carbocycles. The van der Waals surface area contributed by atoms with Crippen molar-refractivity contribution in [1.82, 2.24) is 14.7 Å². The molecule has 0 radical (unpaired) electrons. The van der Waals surface area contributed by atoms with Crippen LogP contribution in [0.25, 0.3) is 0 Å². The Morgan fingerprint density at radius 2 is 1.92 bits per heavy atom. The summed E-state index contributed by atoms with van der Waals surface area (Å²) in [6.07, 6.45) is 1.12. The maximum Gasteiger partial charge on any atom is 0.243 e. The van der Waals surface area contributed by atoms with Gasteiger partial charge in [0, 0.05) is 18.8 Å². The van der Waals surface area contributed by atoms with Crippen LogP contribution < -0.4 is 4.31 Å². The summed E-state index contributed by atoms with van der Waals surface area (Å²) in [6.45, 7) is 6.73.